The topological polar surface area (TPSA) is 72.0 Å². The van der Waals surface area contributed by atoms with Crippen LogP contribution in [0.4, 0.5) is 10.4 Å². The van der Waals surface area contributed by atoms with Crippen molar-refractivity contribution >= 4 is 41.9 Å². The predicted molar refractivity (Wildman–Crippen MR) is 93.5 cm³/mol. The lowest BCUT2D eigenvalue weighted by molar-refractivity contribution is 0.405. The number of nitrogens with one attached hydrogen (secondary N) is 1. The normalized spacial score (nSPS) is 14.3. The first kappa shape index (κ1) is 18.4. The highest BCUT2D eigenvalue weighted by atomic mass is 35.5. The number of anilines is 1. The van der Waals surface area contributed by atoms with Gasteiger partial charge < -0.3 is 19.3 Å². The second-order valence-corrected chi connectivity index (χ2v) is 5.27. The molecule has 1 fully saturated rings. The van der Waals surface area contributed by atoms with Crippen molar-refractivity contribution in [2.75, 3.05) is 31.1 Å². The van der Waals surface area contributed by atoms with E-state index in [2.05, 4.69) is 20.4 Å². The summed E-state index contributed by atoms with van der Waals surface area (Å²) in [6.45, 7) is 3.44. The summed E-state index contributed by atoms with van der Waals surface area (Å²) < 4.78 is 20.5. The number of benzene rings is 1. The van der Waals surface area contributed by atoms with Crippen LogP contribution in [-0.4, -0.2) is 45.9 Å². The largest absolute Gasteiger partial charge is 0.324 e. The molecule has 1 saturated heterocycles. The second kappa shape index (κ2) is 7.33. The van der Waals surface area contributed by atoms with Crippen LogP contribution in [0.1, 0.15) is 0 Å². The molecule has 1 aliphatic heterocycles. The Kier molecular flexibility index (Phi) is 5.63. The molecule has 0 unspecified atom stereocenters. The first-order valence-corrected chi connectivity index (χ1v) is 7.14. The van der Waals surface area contributed by atoms with Gasteiger partial charge in [0.25, 0.3) is 0 Å². The molecule has 1 aromatic carbocycles. The first-order valence-electron chi connectivity index (χ1n) is 7.14. The third-order valence-electron chi connectivity index (χ3n) is 3.85. The molecule has 0 radical (unpaired) electrons. The van der Waals surface area contributed by atoms with Gasteiger partial charge in [0, 0.05) is 39.3 Å². The fourth-order valence-electron chi connectivity index (χ4n) is 2.66. The number of fused-ring (bicyclic) bond motifs is 1. The van der Waals surface area contributed by atoms with Crippen LogP contribution in [0.25, 0.3) is 22.7 Å². The molecule has 0 bridgehead atoms. The fraction of sp³-hybridized carbons (Fsp3) is 0.357. The quantitative estimate of drug-likeness (QED) is 0.739. The van der Waals surface area contributed by atoms with Crippen LogP contribution in [0.15, 0.2) is 22.7 Å². The van der Waals surface area contributed by atoms with Crippen LogP contribution < -0.4 is 10.2 Å². The minimum atomic E-state index is -0.313. The molecule has 0 aliphatic carbocycles. The smallest absolute Gasteiger partial charge is 0.324 e. The summed E-state index contributed by atoms with van der Waals surface area (Å²) in [5, 5.41) is 7.29. The summed E-state index contributed by atoms with van der Waals surface area (Å²) in [5.41, 5.74) is 1.40. The van der Waals surface area contributed by atoms with Crippen molar-refractivity contribution in [3.05, 3.63) is 24.0 Å². The highest BCUT2D eigenvalue weighted by Gasteiger charge is 2.20. The van der Waals surface area contributed by atoms with E-state index in [0.717, 1.165) is 31.7 Å². The summed E-state index contributed by atoms with van der Waals surface area (Å²) in [5.74, 6) is 0.658. The number of rotatable bonds is 2. The van der Waals surface area contributed by atoms with Gasteiger partial charge in [-0.25, -0.2) is 9.37 Å². The maximum Gasteiger partial charge on any atom is 0.324 e. The second-order valence-electron chi connectivity index (χ2n) is 5.27. The summed E-state index contributed by atoms with van der Waals surface area (Å²) in [6.07, 6.45) is 0. The fourth-order valence-corrected chi connectivity index (χ4v) is 2.66. The van der Waals surface area contributed by atoms with Gasteiger partial charge in [-0.1, -0.05) is 5.16 Å². The maximum atomic E-state index is 13.3. The van der Waals surface area contributed by atoms with Gasteiger partial charge in [-0.15, -0.1) is 24.8 Å². The molecular formula is C14H17Cl2FN6O. The molecule has 130 valence electrons. The number of imidazole rings is 1. The maximum absolute atomic E-state index is 13.3. The summed E-state index contributed by atoms with van der Waals surface area (Å²) in [7, 11) is 1.85. The monoisotopic (exact) mass is 374 g/mol. The Balaban J connectivity index is 0.00000104. The van der Waals surface area contributed by atoms with E-state index in [1.807, 2.05) is 16.5 Å². The van der Waals surface area contributed by atoms with E-state index in [4.69, 9.17) is 4.52 Å². The molecule has 1 aliphatic rings. The number of hydrogen-bond acceptors (Lipinski definition) is 6. The average Bonchev–Trinajstić information content (AvgIpc) is 3.13. The van der Waals surface area contributed by atoms with Crippen LogP contribution in [0, 0.1) is 5.82 Å². The van der Waals surface area contributed by atoms with E-state index in [9.17, 15) is 4.39 Å². The minimum Gasteiger partial charge on any atom is -0.324 e. The Labute approximate surface area is 150 Å². The molecule has 3 heterocycles. The lowest BCUT2D eigenvalue weighted by atomic mass is 10.3. The van der Waals surface area contributed by atoms with Gasteiger partial charge in [-0.2, -0.15) is 4.98 Å². The van der Waals surface area contributed by atoms with Gasteiger partial charge in [-0.05, 0) is 12.1 Å². The Hall–Kier alpha value is -1.90. The molecule has 2 aromatic heterocycles. The Morgan fingerprint density at radius 3 is 2.67 bits per heavy atom. The Morgan fingerprint density at radius 2 is 1.92 bits per heavy atom. The molecule has 7 nitrogen and oxygen atoms in total. The van der Waals surface area contributed by atoms with Crippen molar-refractivity contribution in [2.24, 2.45) is 7.05 Å². The van der Waals surface area contributed by atoms with Crippen molar-refractivity contribution in [2.45, 2.75) is 0 Å². The van der Waals surface area contributed by atoms with Crippen LogP contribution in [0.5, 0.6) is 0 Å². The van der Waals surface area contributed by atoms with E-state index in [1.165, 1.54) is 12.1 Å². The van der Waals surface area contributed by atoms with Gasteiger partial charge in [0.1, 0.15) is 5.82 Å². The van der Waals surface area contributed by atoms with Gasteiger partial charge in [-0.3, -0.25) is 0 Å². The van der Waals surface area contributed by atoms with Crippen LogP contribution >= 0.6 is 24.8 Å². The number of piperazine rings is 1. The lowest BCUT2D eigenvalue weighted by Gasteiger charge is -2.24. The van der Waals surface area contributed by atoms with E-state index in [1.54, 1.807) is 6.07 Å². The number of hydrogen-bond donors (Lipinski definition) is 1. The van der Waals surface area contributed by atoms with Crippen molar-refractivity contribution in [3.63, 3.8) is 0 Å². The molecule has 4 rings (SSSR count). The summed E-state index contributed by atoms with van der Waals surface area (Å²) in [6, 6.07) is 5.00. The molecule has 0 saturated carbocycles. The zero-order valence-electron chi connectivity index (χ0n) is 12.9. The van der Waals surface area contributed by atoms with E-state index < -0.39 is 0 Å². The molecular weight excluding hydrogens is 358 g/mol. The van der Waals surface area contributed by atoms with Gasteiger partial charge in [0.05, 0.1) is 11.0 Å². The van der Waals surface area contributed by atoms with Gasteiger partial charge in [0.2, 0.25) is 5.82 Å². The standard InChI is InChI=1S/C14H15FN6O.2ClH/c1-20-11-3-2-9(15)8-10(11)17-13(20)12-18-14(22-19-12)21-6-4-16-5-7-21;;/h2-3,8,16H,4-7H2,1H3;2*1H. The van der Waals surface area contributed by atoms with E-state index >= 15 is 0 Å². The van der Waals surface area contributed by atoms with E-state index in [0.29, 0.717) is 23.2 Å². The van der Waals surface area contributed by atoms with Crippen molar-refractivity contribution in [1.82, 2.24) is 25.0 Å². The summed E-state index contributed by atoms with van der Waals surface area (Å²) >= 11 is 0. The zero-order valence-corrected chi connectivity index (χ0v) is 14.5. The molecule has 1 N–H and O–H groups in total. The Bertz CT molecular complexity index is 830. The molecule has 3 aromatic rings. The lowest BCUT2D eigenvalue weighted by Crippen LogP contribution is -2.43. The first-order chi connectivity index (χ1) is 10.7. The molecule has 24 heavy (non-hydrogen) atoms. The Morgan fingerprint density at radius 1 is 1.17 bits per heavy atom. The molecule has 10 heteroatoms. The van der Waals surface area contributed by atoms with Crippen LogP contribution in [0.2, 0.25) is 0 Å². The van der Waals surface area contributed by atoms with Crippen molar-refractivity contribution in [3.8, 4) is 11.6 Å². The highest BCUT2D eigenvalue weighted by Crippen LogP contribution is 2.24. The van der Waals surface area contributed by atoms with Crippen molar-refractivity contribution in [1.29, 1.82) is 0 Å². The minimum absolute atomic E-state index is 0. The summed E-state index contributed by atoms with van der Waals surface area (Å²) in [4.78, 5) is 10.9. The third-order valence-corrected chi connectivity index (χ3v) is 3.85. The molecule has 0 atom stereocenters. The van der Waals surface area contributed by atoms with Crippen LogP contribution in [0.3, 0.4) is 0 Å². The average molecular weight is 375 g/mol. The van der Waals surface area contributed by atoms with E-state index in [-0.39, 0.29) is 30.6 Å². The zero-order chi connectivity index (χ0) is 15.1. The van der Waals surface area contributed by atoms with Crippen LogP contribution in [-0.2, 0) is 7.05 Å². The highest BCUT2D eigenvalue weighted by molar-refractivity contribution is 5.85. The van der Waals surface area contributed by atoms with Gasteiger partial charge in [0.15, 0.2) is 5.82 Å². The number of aryl methyl sites for hydroxylation is 1. The third kappa shape index (κ3) is 3.17. The molecule has 0 amide bonds. The predicted octanol–water partition coefficient (Wildman–Crippen LogP) is 2.02. The SMILES string of the molecule is Cl.Cl.Cn1c(-c2noc(N3CCNCC3)n2)nc2cc(F)ccc21. The van der Waals surface area contributed by atoms with Gasteiger partial charge >= 0.3 is 6.01 Å². The number of halogens is 3. The number of aromatic nitrogens is 4. The van der Waals surface area contributed by atoms with Crippen molar-refractivity contribution < 1.29 is 8.91 Å². The molecule has 0 spiro atoms. The number of nitrogens with zero attached hydrogens (tertiary/aromatic N) is 5.